The summed E-state index contributed by atoms with van der Waals surface area (Å²) >= 11 is 5.91. The summed E-state index contributed by atoms with van der Waals surface area (Å²) in [5, 5.41) is -0.0105. The molecule has 5 nitrogen and oxygen atoms in total. The lowest BCUT2D eigenvalue weighted by molar-refractivity contribution is 0.416. The SMILES string of the molecule is COc1ccccc1-c1nc(N)[nH]c(=O)c1Cl. The Balaban J connectivity index is 2.72. The Bertz CT molecular complexity index is 610. The fraction of sp³-hybridized carbons (Fsp3) is 0.0909. The number of aromatic amines is 1. The number of hydrogen-bond acceptors (Lipinski definition) is 4. The molecule has 0 fully saturated rings. The molecule has 0 saturated carbocycles. The second-order valence-electron chi connectivity index (χ2n) is 3.31. The highest BCUT2D eigenvalue weighted by atomic mass is 35.5. The number of nitrogen functional groups attached to an aromatic ring is 1. The second kappa shape index (κ2) is 4.47. The van der Waals surface area contributed by atoms with Crippen LogP contribution in [0.3, 0.4) is 0 Å². The van der Waals surface area contributed by atoms with Crippen LogP contribution in [0.4, 0.5) is 5.95 Å². The van der Waals surface area contributed by atoms with Gasteiger partial charge in [-0.15, -0.1) is 0 Å². The molecule has 0 aliphatic carbocycles. The van der Waals surface area contributed by atoms with Crippen LogP contribution in [0.2, 0.25) is 5.02 Å². The van der Waals surface area contributed by atoms with E-state index in [9.17, 15) is 4.79 Å². The van der Waals surface area contributed by atoms with Crippen LogP contribution in [-0.4, -0.2) is 17.1 Å². The number of hydrogen-bond donors (Lipinski definition) is 2. The van der Waals surface area contributed by atoms with Crippen LogP contribution < -0.4 is 16.0 Å². The maximum Gasteiger partial charge on any atom is 0.271 e. The van der Waals surface area contributed by atoms with E-state index >= 15 is 0 Å². The summed E-state index contributed by atoms with van der Waals surface area (Å²) in [7, 11) is 1.53. The van der Waals surface area contributed by atoms with Crippen LogP contribution in [0.5, 0.6) is 5.75 Å². The monoisotopic (exact) mass is 251 g/mol. The van der Waals surface area contributed by atoms with Gasteiger partial charge in [0.1, 0.15) is 16.5 Å². The van der Waals surface area contributed by atoms with Gasteiger partial charge in [0.15, 0.2) is 0 Å². The number of benzene rings is 1. The van der Waals surface area contributed by atoms with Gasteiger partial charge in [0, 0.05) is 5.56 Å². The van der Waals surface area contributed by atoms with Crippen LogP contribution in [0, 0.1) is 0 Å². The highest BCUT2D eigenvalue weighted by Crippen LogP contribution is 2.31. The average molecular weight is 252 g/mol. The van der Waals surface area contributed by atoms with Crippen molar-refractivity contribution in [3.63, 3.8) is 0 Å². The zero-order valence-corrected chi connectivity index (χ0v) is 9.78. The van der Waals surface area contributed by atoms with Crippen molar-refractivity contribution in [3.8, 4) is 17.0 Å². The third-order valence-corrected chi connectivity index (χ3v) is 2.59. The average Bonchev–Trinajstić information content (AvgIpc) is 2.33. The number of H-pyrrole nitrogens is 1. The van der Waals surface area contributed by atoms with Crippen molar-refractivity contribution < 1.29 is 4.74 Å². The fourth-order valence-electron chi connectivity index (χ4n) is 1.49. The number of anilines is 1. The van der Waals surface area contributed by atoms with Crippen LogP contribution in [0.1, 0.15) is 0 Å². The van der Waals surface area contributed by atoms with Crippen molar-refractivity contribution in [1.29, 1.82) is 0 Å². The molecule has 1 aromatic carbocycles. The van der Waals surface area contributed by atoms with E-state index in [0.29, 0.717) is 17.0 Å². The number of nitrogens with one attached hydrogen (secondary N) is 1. The summed E-state index contributed by atoms with van der Waals surface area (Å²) in [6, 6.07) is 7.12. The maximum absolute atomic E-state index is 11.5. The highest BCUT2D eigenvalue weighted by molar-refractivity contribution is 6.32. The standard InChI is InChI=1S/C11H10ClN3O2/c1-17-7-5-3-2-4-6(7)9-8(12)10(16)15-11(13)14-9/h2-5H,1H3,(H3,13,14,15,16). The molecule has 0 aliphatic heterocycles. The topological polar surface area (TPSA) is 81.0 Å². The summed E-state index contributed by atoms with van der Waals surface area (Å²) in [6.07, 6.45) is 0. The molecule has 1 aromatic heterocycles. The van der Waals surface area contributed by atoms with Crippen LogP contribution in [0.15, 0.2) is 29.1 Å². The summed E-state index contributed by atoms with van der Waals surface area (Å²) in [5.74, 6) is 0.590. The van der Waals surface area contributed by atoms with Gasteiger partial charge in [0.25, 0.3) is 5.56 Å². The number of halogens is 1. The highest BCUT2D eigenvalue weighted by Gasteiger charge is 2.14. The molecule has 2 aromatic rings. The lowest BCUT2D eigenvalue weighted by atomic mass is 10.1. The minimum atomic E-state index is -0.472. The van der Waals surface area contributed by atoms with Gasteiger partial charge in [-0.3, -0.25) is 9.78 Å². The molecule has 3 N–H and O–H groups in total. The van der Waals surface area contributed by atoms with Crippen LogP contribution in [-0.2, 0) is 0 Å². The van der Waals surface area contributed by atoms with Crippen molar-refractivity contribution in [2.24, 2.45) is 0 Å². The van der Waals surface area contributed by atoms with Gasteiger partial charge in [-0.2, -0.15) is 0 Å². The first kappa shape index (κ1) is 11.5. The molecular formula is C11H10ClN3O2. The van der Waals surface area contributed by atoms with Crippen LogP contribution >= 0.6 is 11.6 Å². The van der Waals surface area contributed by atoms with Gasteiger partial charge in [-0.05, 0) is 12.1 Å². The molecule has 0 radical (unpaired) electrons. The van der Waals surface area contributed by atoms with Crippen molar-refractivity contribution >= 4 is 17.5 Å². The molecule has 17 heavy (non-hydrogen) atoms. The minimum absolute atomic E-state index is 0.0105. The zero-order valence-electron chi connectivity index (χ0n) is 9.03. The van der Waals surface area contributed by atoms with Gasteiger partial charge in [0.2, 0.25) is 5.95 Å². The first-order chi connectivity index (χ1) is 8.13. The second-order valence-corrected chi connectivity index (χ2v) is 3.69. The van der Waals surface area contributed by atoms with E-state index < -0.39 is 5.56 Å². The predicted octanol–water partition coefficient (Wildman–Crippen LogP) is 1.68. The number of rotatable bonds is 2. The van der Waals surface area contributed by atoms with E-state index in [1.807, 2.05) is 6.07 Å². The predicted molar refractivity (Wildman–Crippen MR) is 66.3 cm³/mol. The van der Waals surface area contributed by atoms with Gasteiger partial charge in [-0.25, -0.2) is 4.98 Å². The van der Waals surface area contributed by atoms with Crippen molar-refractivity contribution in [2.75, 3.05) is 12.8 Å². The lowest BCUT2D eigenvalue weighted by Crippen LogP contribution is -2.13. The van der Waals surface area contributed by atoms with Gasteiger partial charge in [-0.1, -0.05) is 23.7 Å². The Labute approximate surface area is 102 Å². The molecular weight excluding hydrogens is 242 g/mol. The number of aromatic nitrogens is 2. The molecule has 1 heterocycles. The molecule has 6 heteroatoms. The van der Waals surface area contributed by atoms with E-state index in [2.05, 4.69) is 9.97 Å². The Morgan fingerprint density at radius 1 is 1.41 bits per heavy atom. The third-order valence-electron chi connectivity index (χ3n) is 2.24. The maximum atomic E-state index is 11.5. The van der Waals surface area contributed by atoms with Crippen molar-refractivity contribution in [1.82, 2.24) is 9.97 Å². The van der Waals surface area contributed by atoms with E-state index in [1.165, 1.54) is 7.11 Å². The molecule has 0 unspecified atom stereocenters. The van der Waals surface area contributed by atoms with Gasteiger partial charge >= 0.3 is 0 Å². The molecule has 88 valence electrons. The zero-order chi connectivity index (χ0) is 12.4. The number of nitrogens with zero attached hydrogens (tertiary/aromatic N) is 1. The normalized spacial score (nSPS) is 10.2. The Morgan fingerprint density at radius 3 is 2.82 bits per heavy atom. The summed E-state index contributed by atoms with van der Waals surface area (Å²) in [5.41, 5.74) is 5.95. The summed E-state index contributed by atoms with van der Waals surface area (Å²) in [6.45, 7) is 0. The number of para-hydroxylation sites is 1. The lowest BCUT2D eigenvalue weighted by Gasteiger charge is -2.08. The molecule has 0 spiro atoms. The first-order valence-corrected chi connectivity index (χ1v) is 5.20. The smallest absolute Gasteiger partial charge is 0.271 e. The number of ether oxygens (including phenoxy) is 1. The molecule has 2 rings (SSSR count). The van der Waals surface area contributed by atoms with E-state index in [4.69, 9.17) is 22.1 Å². The molecule has 0 atom stereocenters. The van der Waals surface area contributed by atoms with E-state index in [0.717, 1.165) is 0 Å². The summed E-state index contributed by atoms with van der Waals surface area (Å²) < 4.78 is 5.18. The first-order valence-electron chi connectivity index (χ1n) is 4.82. The quantitative estimate of drug-likeness (QED) is 0.851. The number of nitrogens with two attached hydrogens (primary N) is 1. The molecule has 0 saturated heterocycles. The Hall–Kier alpha value is -2.01. The summed E-state index contributed by atoms with van der Waals surface area (Å²) in [4.78, 5) is 17.8. The van der Waals surface area contributed by atoms with Crippen molar-refractivity contribution in [2.45, 2.75) is 0 Å². The molecule has 0 amide bonds. The third kappa shape index (κ3) is 2.09. The molecule has 0 bridgehead atoms. The molecule has 0 aliphatic rings. The Morgan fingerprint density at radius 2 is 2.12 bits per heavy atom. The fourth-order valence-corrected chi connectivity index (χ4v) is 1.69. The van der Waals surface area contributed by atoms with Crippen molar-refractivity contribution in [3.05, 3.63) is 39.6 Å². The Kier molecular flexibility index (Phi) is 3.01. The van der Waals surface area contributed by atoms with E-state index in [1.54, 1.807) is 18.2 Å². The minimum Gasteiger partial charge on any atom is -0.496 e. The largest absolute Gasteiger partial charge is 0.496 e. The van der Waals surface area contributed by atoms with Gasteiger partial charge < -0.3 is 10.5 Å². The van der Waals surface area contributed by atoms with E-state index in [-0.39, 0.29) is 11.0 Å². The van der Waals surface area contributed by atoms with Crippen LogP contribution in [0.25, 0.3) is 11.3 Å². The van der Waals surface area contributed by atoms with Gasteiger partial charge in [0.05, 0.1) is 7.11 Å². The number of methoxy groups -OCH3 is 1.